The van der Waals surface area contributed by atoms with Crippen LogP contribution in [-0.4, -0.2) is 78.8 Å². The predicted molar refractivity (Wildman–Crippen MR) is 72.4 cm³/mol. The molecule has 1 amide bonds. The van der Waals surface area contributed by atoms with Gasteiger partial charge in [-0.25, -0.2) is 0 Å². The first kappa shape index (κ1) is 18.3. The third-order valence-electron chi connectivity index (χ3n) is 3.24. The van der Waals surface area contributed by atoms with E-state index in [1.807, 2.05) is 6.92 Å². The number of amides is 1. The van der Waals surface area contributed by atoms with Gasteiger partial charge in [-0.15, -0.1) is 0 Å². The lowest BCUT2D eigenvalue weighted by Crippen LogP contribution is -2.64. The zero-order chi connectivity index (χ0) is 15.8. The van der Waals surface area contributed by atoms with E-state index in [4.69, 9.17) is 14.2 Å². The van der Waals surface area contributed by atoms with Crippen molar-refractivity contribution in [3.05, 3.63) is 0 Å². The van der Waals surface area contributed by atoms with Crippen molar-refractivity contribution < 1.29 is 34.3 Å². The van der Waals surface area contributed by atoms with Crippen molar-refractivity contribution in [2.75, 3.05) is 26.9 Å². The minimum absolute atomic E-state index is 0.00821. The summed E-state index contributed by atoms with van der Waals surface area (Å²) in [5.41, 5.74) is 0. The Kier molecular flexibility index (Phi) is 8.09. The van der Waals surface area contributed by atoms with Gasteiger partial charge in [0.15, 0.2) is 6.29 Å². The second-order valence-electron chi connectivity index (χ2n) is 4.96. The SMILES string of the molecule is CCCC(=O)N[C@H]1C(O)O[C@H](COCCOC)[C@@H](O)[C@@H]1O. The molecule has 1 aliphatic heterocycles. The van der Waals surface area contributed by atoms with Crippen LogP contribution < -0.4 is 5.32 Å². The predicted octanol–water partition coefficient (Wildman–Crippen LogP) is -1.63. The maximum atomic E-state index is 11.5. The second kappa shape index (κ2) is 9.29. The van der Waals surface area contributed by atoms with Gasteiger partial charge in [-0.1, -0.05) is 6.92 Å². The third-order valence-corrected chi connectivity index (χ3v) is 3.24. The van der Waals surface area contributed by atoms with Gasteiger partial charge in [0.1, 0.15) is 24.4 Å². The smallest absolute Gasteiger partial charge is 0.220 e. The lowest BCUT2D eigenvalue weighted by molar-refractivity contribution is -0.257. The summed E-state index contributed by atoms with van der Waals surface area (Å²) in [4.78, 5) is 11.5. The molecular weight excluding hydrogens is 282 g/mol. The van der Waals surface area contributed by atoms with Gasteiger partial charge in [0.05, 0.1) is 19.8 Å². The normalized spacial score (nSPS) is 32.9. The highest BCUT2D eigenvalue weighted by atomic mass is 16.6. The fourth-order valence-corrected chi connectivity index (χ4v) is 2.07. The first-order valence-electron chi connectivity index (χ1n) is 7.07. The highest BCUT2D eigenvalue weighted by Crippen LogP contribution is 2.20. The van der Waals surface area contributed by atoms with Crippen LogP contribution in [-0.2, 0) is 19.0 Å². The van der Waals surface area contributed by atoms with Crippen LogP contribution in [0.25, 0.3) is 0 Å². The van der Waals surface area contributed by atoms with E-state index >= 15 is 0 Å². The molecule has 8 heteroatoms. The fourth-order valence-electron chi connectivity index (χ4n) is 2.07. The van der Waals surface area contributed by atoms with Crippen molar-refractivity contribution in [1.82, 2.24) is 5.32 Å². The van der Waals surface area contributed by atoms with Gasteiger partial charge in [-0.2, -0.15) is 0 Å². The summed E-state index contributed by atoms with van der Waals surface area (Å²) >= 11 is 0. The van der Waals surface area contributed by atoms with Gasteiger partial charge in [0, 0.05) is 13.5 Å². The first-order valence-corrected chi connectivity index (χ1v) is 7.07. The van der Waals surface area contributed by atoms with E-state index in [1.54, 1.807) is 0 Å². The molecule has 8 nitrogen and oxygen atoms in total. The number of hydrogen-bond acceptors (Lipinski definition) is 7. The lowest BCUT2D eigenvalue weighted by Gasteiger charge is -2.40. The molecule has 0 bridgehead atoms. The Morgan fingerprint density at radius 2 is 1.95 bits per heavy atom. The highest BCUT2D eigenvalue weighted by Gasteiger charge is 2.44. The van der Waals surface area contributed by atoms with E-state index in [0.29, 0.717) is 19.6 Å². The van der Waals surface area contributed by atoms with Crippen molar-refractivity contribution in [2.24, 2.45) is 0 Å². The van der Waals surface area contributed by atoms with Crippen molar-refractivity contribution in [1.29, 1.82) is 0 Å². The third kappa shape index (κ3) is 5.50. The molecule has 1 aliphatic rings. The molecule has 124 valence electrons. The van der Waals surface area contributed by atoms with Crippen LogP contribution in [0.1, 0.15) is 19.8 Å². The molecule has 1 unspecified atom stereocenters. The van der Waals surface area contributed by atoms with E-state index in [0.717, 1.165) is 0 Å². The number of carbonyl (C=O) groups excluding carboxylic acids is 1. The molecule has 0 spiro atoms. The zero-order valence-corrected chi connectivity index (χ0v) is 12.4. The van der Waals surface area contributed by atoms with Crippen molar-refractivity contribution in [3.63, 3.8) is 0 Å². The van der Waals surface area contributed by atoms with Gasteiger partial charge in [-0.3, -0.25) is 4.79 Å². The minimum atomic E-state index is -1.40. The fraction of sp³-hybridized carbons (Fsp3) is 0.923. The Hall–Kier alpha value is -0.770. The summed E-state index contributed by atoms with van der Waals surface area (Å²) in [7, 11) is 1.53. The maximum Gasteiger partial charge on any atom is 0.220 e. The van der Waals surface area contributed by atoms with Gasteiger partial charge >= 0.3 is 0 Å². The molecule has 0 aliphatic carbocycles. The zero-order valence-electron chi connectivity index (χ0n) is 12.4. The van der Waals surface area contributed by atoms with E-state index in [9.17, 15) is 20.1 Å². The van der Waals surface area contributed by atoms with Crippen LogP contribution in [0.15, 0.2) is 0 Å². The summed E-state index contributed by atoms with van der Waals surface area (Å²) < 4.78 is 15.2. The van der Waals surface area contributed by atoms with Crippen molar-refractivity contribution in [3.8, 4) is 0 Å². The van der Waals surface area contributed by atoms with Crippen LogP contribution in [0.3, 0.4) is 0 Å². The number of rotatable bonds is 8. The van der Waals surface area contributed by atoms with Crippen molar-refractivity contribution in [2.45, 2.75) is 50.4 Å². The Balaban J connectivity index is 2.49. The van der Waals surface area contributed by atoms with Crippen LogP contribution in [0, 0.1) is 0 Å². The van der Waals surface area contributed by atoms with E-state index in [2.05, 4.69) is 5.32 Å². The molecule has 0 radical (unpaired) electrons. The van der Waals surface area contributed by atoms with E-state index in [-0.39, 0.29) is 18.9 Å². The molecule has 5 atom stereocenters. The quantitative estimate of drug-likeness (QED) is 0.398. The van der Waals surface area contributed by atoms with Gasteiger partial charge in [0.25, 0.3) is 0 Å². The lowest BCUT2D eigenvalue weighted by atomic mass is 9.97. The average molecular weight is 307 g/mol. The summed E-state index contributed by atoms with van der Waals surface area (Å²) in [5, 5.41) is 32.3. The first-order chi connectivity index (χ1) is 10.0. The molecular formula is C13H25NO7. The Morgan fingerprint density at radius 3 is 2.57 bits per heavy atom. The standard InChI is InChI=1S/C13H25NO7/c1-3-4-9(15)14-10-12(17)11(16)8(21-13(10)18)7-20-6-5-19-2/h8,10-13,16-18H,3-7H2,1-2H3,(H,14,15)/t8-,10-,11-,12-,13?/m1/s1. The number of nitrogens with one attached hydrogen (secondary N) is 1. The molecule has 0 saturated carbocycles. The second-order valence-corrected chi connectivity index (χ2v) is 4.96. The minimum Gasteiger partial charge on any atom is -0.388 e. The Bertz CT molecular complexity index is 315. The monoisotopic (exact) mass is 307 g/mol. The van der Waals surface area contributed by atoms with E-state index in [1.165, 1.54) is 7.11 Å². The Labute approximate surface area is 124 Å². The molecule has 21 heavy (non-hydrogen) atoms. The Morgan fingerprint density at radius 1 is 1.24 bits per heavy atom. The van der Waals surface area contributed by atoms with Gasteiger partial charge < -0.3 is 34.8 Å². The summed E-state index contributed by atoms with van der Waals surface area (Å²) in [6.45, 7) is 2.55. The molecule has 1 fully saturated rings. The molecule has 0 aromatic carbocycles. The molecule has 1 heterocycles. The molecule has 0 aromatic rings. The number of carbonyl (C=O) groups is 1. The largest absolute Gasteiger partial charge is 0.388 e. The van der Waals surface area contributed by atoms with Crippen LogP contribution >= 0.6 is 0 Å². The van der Waals surface area contributed by atoms with Crippen LogP contribution in [0.5, 0.6) is 0 Å². The molecule has 0 aromatic heterocycles. The number of hydrogen-bond donors (Lipinski definition) is 4. The average Bonchev–Trinajstić information content (AvgIpc) is 2.45. The molecule has 1 saturated heterocycles. The highest BCUT2D eigenvalue weighted by molar-refractivity contribution is 5.76. The number of aliphatic hydroxyl groups excluding tert-OH is 3. The topological polar surface area (TPSA) is 117 Å². The van der Waals surface area contributed by atoms with E-state index < -0.39 is 30.6 Å². The summed E-state index contributed by atoms with van der Waals surface area (Å²) in [6.07, 6.45) is -3.94. The summed E-state index contributed by atoms with van der Waals surface area (Å²) in [5.74, 6) is -0.314. The number of ether oxygens (including phenoxy) is 3. The maximum absolute atomic E-state index is 11.5. The van der Waals surface area contributed by atoms with Gasteiger partial charge in [-0.05, 0) is 6.42 Å². The summed E-state index contributed by atoms with van der Waals surface area (Å²) in [6, 6.07) is -1.06. The van der Waals surface area contributed by atoms with Crippen molar-refractivity contribution >= 4 is 5.91 Å². The molecule has 4 N–H and O–H groups in total. The number of aliphatic hydroxyl groups is 3. The van der Waals surface area contributed by atoms with Gasteiger partial charge in [0.2, 0.25) is 5.91 Å². The van der Waals surface area contributed by atoms with Crippen LogP contribution in [0.2, 0.25) is 0 Å². The van der Waals surface area contributed by atoms with Crippen LogP contribution in [0.4, 0.5) is 0 Å². The molecule has 1 rings (SSSR count). The number of methoxy groups -OCH3 is 1.